The van der Waals surface area contributed by atoms with E-state index in [9.17, 15) is 9.18 Å². The van der Waals surface area contributed by atoms with Gasteiger partial charge in [-0.3, -0.25) is 0 Å². The van der Waals surface area contributed by atoms with Gasteiger partial charge in [0.25, 0.3) is 0 Å². The SMILES string of the molecule is COC(=O)c1cc(/C(Cl)=N/O)ccc1F. The molecule has 0 bridgehead atoms. The Morgan fingerprint density at radius 1 is 1.60 bits per heavy atom. The zero-order valence-electron chi connectivity index (χ0n) is 7.70. The van der Waals surface area contributed by atoms with E-state index < -0.39 is 11.8 Å². The van der Waals surface area contributed by atoms with Crippen LogP contribution in [0.5, 0.6) is 0 Å². The van der Waals surface area contributed by atoms with Crippen molar-refractivity contribution in [1.29, 1.82) is 0 Å². The van der Waals surface area contributed by atoms with Crippen LogP contribution in [0.2, 0.25) is 0 Å². The van der Waals surface area contributed by atoms with E-state index in [2.05, 4.69) is 9.89 Å². The van der Waals surface area contributed by atoms with Crippen LogP contribution < -0.4 is 0 Å². The van der Waals surface area contributed by atoms with Crippen molar-refractivity contribution < 1.29 is 19.1 Å². The van der Waals surface area contributed by atoms with Crippen molar-refractivity contribution in [2.24, 2.45) is 5.16 Å². The van der Waals surface area contributed by atoms with Crippen LogP contribution in [0.3, 0.4) is 0 Å². The summed E-state index contributed by atoms with van der Waals surface area (Å²) < 4.78 is 17.5. The number of carbonyl (C=O) groups excluding carboxylic acids is 1. The van der Waals surface area contributed by atoms with Gasteiger partial charge in [0.05, 0.1) is 12.7 Å². The number of rotatable bonds is 2. The lowest BCUT2D eigenvalue weighted by molar-refractivity contribution is 0.0595. The van der Waals surface area contributed by atoms with Crippen molar-refractivity contribution >= 4 is 22.7 Å². The Bertz CT molecular complexity index is 420. The van der Waals surface area contributed by atoms with Gasteiger partial charge in [-0.2, -0.15) is 0 Å². The summed E-state index contributed by atoms with van der Waals surface area (Å²) in [6.07, 6.45) is 0. The third kappa shape index (κ3) is 2.44. The summed E-state index contributed by atoms with van der Waals surface area (Å²) in [7, 11) is 1.14. The fourth-order valence-corrected chi connectivity index (χ4v) is 1.10. The van der Waals surface area contributed by atoms with E-state index in [-0.39, 0.29) is 16.3 Å². The lowest BCUT2D eigenvalue weighted by Crippen LogP contribution is -2.06. The van der Waals surface area contributed by atoms with Crippen molar-refractivity contribution in [1.82, 2.24) is 0 Å². The Morgan fingerprint density at radius 3 is 2.80 bits per heavy atom. The van der Waals surface area contributed by atoms with Crippen molar-refractivity contribution in [3.8, 4) is 0 Å². The summed E-state index contributed by atoms with van der Waals surface area (Å²) >= 11 is 5.49. The number of benzene rings is 1. The number of nitrogens with zero attached hydrogens (tertiary/aromatic N) is 1. The third-order valence-electron chi connectivity index (χ3n) is 1.70. The largest absolute Gasteiger partial charge is 0.465 e. The summed E-state index contributed by atoms with van der Waals surface area (Å²) in [5.41, 5.74) is -0.0437. The molecule has 0 aliphatic carbocycles. The molecule has 80 valence electrons. The molecule has 0 fully saturated rings. The lowest BCUT2D eigenvalue weighted by Gasteiger charge is -2.03. The van der Waals surface area contributed by atoms with Gasteiger partial charge in [0.15, 0.2) is 5.17 Å². The van der Waals surface area contributed by atoms with E-state index in [1.165, 1.54) is 6.07 Å². The molecule has 6 heteroatoms. The van der Waals surface area contributed by atoms with Crippen LogP contribution in [0.4, 0.5) is 4.39 Å². The second-order valence-corrected chi connectivity index (χ2v) is 2.94. The van der Waals surface area contributed by atoms with Gasteiger partial charge in [-0.1, -0.05) is 16.8 Å². The number of hydrogen-bond acceptors (Lipinski definition) is 4. The molecule has 0 saturated carbocycles. The summed E-state index contributed by atoms with van der Waals surface area (Å²) in [5, 5.41) is 10.9. The normalized spacial score (nSPS) is 11.3. The van der Waals surface area contributed by atoms with Crippen LogP contribution in [0, 0.1) is 5.82 Å². The molecule has 1 aromatic rings. The molecule has 1 N–H and O–H groups in total. The fourth-order valence-electron chi connectivity index (χ4n) is 0.978. The Kier molecular flexibility index (Phi) is 3.62. The molecule has 0 amide bonds. The van der Waals surface area contributed by atoms with Gasteiger partial charge < -0.3 is 9.94 Å². The predicted octanol–water partition coefficient (Wildman–Crippen LogP) is 1.99. The third-order valence-corrected chi connectivity index (χ3v) is 1.99. The maximum atomic E-state index is 13.1. The smallest absolute Gasteiger partial charge is 0.340 e. The molecular formula is C9H7ClFNO3. The summed E-state index contributed by atoms with van der Waals surface area (Å²) in [6.45, 7) is 0. The number of hydrogen-bond donors (Lipinski definition) is 1. The summed E-state index contributed by atoms with van der Waals surface area (Å²) in [4.78, 5) is 11.1. The molecular weight excluding hydrogens is 225 g/mol. The number of oxime groups is 1. The zero-order valence-corrected chi connectivity index (χ0v) is 8.45. The van der Waals surface area contributed by atoms with Crippen molar-refractivity contribution in [2.75, 3.05) is 7.11 Å². The first kappa shape index (κ1) is 11.5. The monoisotopic (exact) mass is 231 g/mol. The van der Waals surface area contributed by atoms with Crippen molar-refractivity contribution in [2.45, 2.75) is 0 Å². The molecule has 1 aromatic carbocycles. The maximum Gasteiger partial charge on any atom is 0.340 e. The van der Waals surface area contributed by atoms with Gasteiger partial charge >= 0.3 is 5.97 Å². The van der Waals surface area contributed by atoms with Crippen LogP contribution in [-0.2, 0) is 4.74 Å². The van der Waals surface area contributed by atoms with Gasteiger partial charge in [0, 0.05) is 5.56 Å². The molecule has 0 unspecified atom stereocenters. The molecule has 0 heterocycles. The highest BCUT2D eigenvalue weighted by Gasteiger charge is 2.14. The average Bonchev–Trinajstić information content (AvgIpc) is 2.27. The van der Waals surface area contributed by atoms with Crippen molar-refractivity contribution in [3.05, 3.63) is 35.1 Å². The first-order chi connectivity index (χ1) is 7.10. The molecule has 0 aromatic heterocycles. The Hall–Kier alpha value is -1.62. The van der Waals surface area contributed by atoms with E-state index in [0.717, 1.165) is 19.2 Å². The standard InChI is InChI=1S/C9H7ClFNO3/c1-15-9(13)6-4-5(8(10)12-14)2-3-7(6)11/h2-4,14H,1H3/b12-8-. The molecule has 15 heavy (non-hydrogen) atoms. The van der Waals surface area contributed by atoms with E-state index >= 15 is 0 Å². The highest BCUT2D eigenvalue weighted by molar-refractivity contribution is 6.69. The van der Waals surface area contributed by atoms with Crippen LogP contribution in [-0.4, -0.2) is 23.5 Å². The zero-order chi connectivity index (χ0) is 11.4. The van der Waals surface area contributed by atoms with Crippen molar-refractivity contribution in [3.63, 3.8) is 0 Å². The minimum absolute atomic E-state index is 0.223. The van der Waals surface area contributed by atoms with Gasteiger partial charge in [0.1, 0.15) is 5.82 Å². The second kappa shape index (κ2) is 4.75. The molecule has 0 saturated heterocycles. The predicted molar refractivity (Wildman–Crippen MR) is 51.9 cm³/mol. The molecule has 1 rings (SSSR count). The minimum atomic E-state index is -0.822. The van der Waals surface area contributed by atoms with Crippen LogP contribution in [0.25, 0.3) is 0 Å². The van der Waals surface area contributed by atoms with Crippen LogP contribution in [0.1, 0.15) is 15.9 Å². The highest BCUT2D eigenvalue weighted by Crippen LogP contribution is 2.13. The van der Waals surface area contributed by atoms with Gasteiger partial charge in [-0.05, 0) is 18.2 Å². The Morgan fingerprint density at radius 2 is 2.27 bits per heavy atom. The van der Waals surface area contributed by atoms with Gasteiger partial charge in [-0.15, -0.1) is 0 Å². The lowest BCUT2D eigenvalue weighted by atomic mass is 10.1. The molecule has 4 nitrogen and oxygen atoms in total. The summed E-state index contributed by atoms with van der Waals surface area (Å²) in [5.74, 6) is -1.55. The molecule has 0 aliphatic rings. The topological polar surface area (TPSA) is 58.9 Å². The van der Waals surface area contributed by atoms with Gasteiger partial charge in [0.2, 0.25) is 0 Å². The van der Waals surface area contributed by atoms with E-state index in [1.807, 2.05) is 0 Å². The number of esters is 1. The Balaban J connectivity index is 3.22. The quantitative estimate of drug-likeness (QED) is 0.367. The van der Waals surface area contributed by atoms with E-state index in [1.54, 1.807) is 0 Å². The number of methoxy groups -OCH3 is 1. The second-order valence-electron chi connectivity index (χ2n) is 2.58. The summed E-state index contributed by atoms with van der Waals surface area (Å²) in [6, 6.07) is 3.46. The first-order valence-electron chi connectivity index (χ1n) is 3.86. The van der Waals surface area contributed by atoms with E-state index in [0.29, 0.717) is 0 Å². The fraction of sp³-hybridized carbons (Fsp3) is 0.111. The molecule has 0 aliphatic heterocycles. The Labute approximate surface area is 89.9 Å². The number of carbonyl (C=O) groups is 1. The van der Waals surface area contributed by atoms with Crippen LogP contribution >= 0.6 is 11.6 Å². The first-order valence-corrected chi connectivity index (χ1v) is 4.23. The van der Waals surface area contributed by atoms with Gasteiger partial charge in [-0.25, -0.2) is 9.18 Å². The molecule has 0 radical (unpaired) electrons. The maximum absolute atomic E-state index is 13.1. The minimum Gasteiger partial charge on any atom is -0.465 e. The number of halogens is 2. The number of ether oxygens (including phenoxy) is 1. The van der Waals surface area contributed by atoms with Crippen LogP contribution in [0.15, 0.2) is 23.4 Å². The highest BCUT2D eigenvalue weighted by atomic mass is 35.5. The molecule has 0 spiro atoms. The van der Waals surface area contributed by atoms with E-state index in [4.69, 9.17) is 16.8 Å². The molecule has 0 atom stereocenters. The average molecular weight is 232 g/mol.